The van der Waals surface area contributed by atoms with Crippen LogP contribution in [0, 0.1) is 5.92 Å². The van der Waals surface area contributed by atoms with Gasteiger partial charge >= 0.3 is 12.1 Å². The van der Waals surface area contributed by atoms with Gasteiger partial charge in [0.2, 0.25) is 0 Å². The SMILES string of the molecule is CC1C/C(=C/c2ccc(N)cc2)C(=O)/C(=C/c2ccc(OC(F)=C(F)F)cc2)C1. The van der Waals surface area contributed by atoms with Crippen molar-refractivity contribution in [1.82, 2.24) is 0 Å². The topological polar surface area (TPSA) is 52.3 Å². The zero-order valence-corrected chi connectivity index (χ0v) is 15.8. The summed E-state index contributed by atoms with van der Waals surface area (Å²) in [6.45, 7) is 2.08. The van der Waals surface area contributed by atoms with Crippen LogP contribution in [0.3, 0.4) is 0 Å². The Balaban J connectivity index is 1.82. The standard InChI is InChI=1S/C23H20F3NO2/c1-14-10-17(12-15-2-6-19(27)7-3-15)21(28)18(11-14)13-16-4-8-20(9-5-16)29-23(26)22(24)25/h2-9,12-14H,10-11,27H2,1H3/b17-12-,18-13+. The number of hydrogen-bond donors (Lipinski definition) is 1. The van der Waals surface area contributed by atoms with Crippen molar-refractivity contribution in [2.75, 3.05) is 5.73 Å². The summed E-state index contributed by atoms with van der Waals surface area (Å²) in [5.74, 6) is 0.229. The van der Waals surface area contributed by atoms with Crippen LogP contribution in [0.15, 0.2) is 71.8 Å². The summed E-state index contributed by atoms with van der Waals surface area (Å²) in [4.78, 5) is 12.9. The maximum absolute atomic E-state index is 12.9. The Morgan fingerprint density at radius 1 is 0.931 bits per heavy atom. The first-order chi connectivity index (χ1) is 13.8. The summed E-state index contributed by atoms with van der Waals surface area (Å²) in [6, 6.07) is 11.3. The second-order valence-electron chi connectivity index (χ2n) is 7.05. The third kappa shape index (κ3) is 5.38. The molecule has 0 aromatic heterocycles. The fourth-order valence-corrected chi connectivity index (χ4v) is 3.23. The molecule has 6 heteroatoms. The van der Waals surface area contributed by atoms with E-state index >= 15 is 0 Å². The molecule has 0 saturated heterocycles. The maximum atomic E-state index is 12.9. The number of carbonyl (C=O) groups is 1. The van der Waals surface area contributed by atoms with Crippen molar-refractivity contribution < 1.29 is 22.7 Å². The van der Waals surface area contributed by atoms with Crippen LogP contribution in [0.1, 0.15) is 30.9 Å². The number of hydrogen-bond acceptors (Lipinski definition) is 3. The van der Waals surface area contributed by atoms with Gasteiger partial charge in [0.25, 0.3) is 0 Å². The summed E-state index contributed by atoms with van der Waals surface area (Å²) in [7, 11) is 0. The van der Waals surface area contributed by atoms with Crippen molar-refractivity contribution in [3.63, 3.8) is 0 Å². The molecule has 150 valence electrons. The summed E-state index contributed by atoms with van der Waals surface area (Å²) in [5, 5.41) is 0. The Hall–Kier alpha value is -3.28. The number of anilines is 1. The molecule has 1 atom stereocenters. The summed E-state index contributed by atoms with van der Waals surface area (Å²) < 4.78 is 41.5. The van der Waals surface area contributed by atoms with Crippen LogP contribution >= 0.6 is 0 Å². The van der Waals surface area contributed by atoms with E-state index in [0.717, 1.165) is 11.1 Å². The van der Waals surface area contributed by atoms with Crippen LogP contribution in [-0.4, -0.2) is 5.78 Å². The molecule has 0 radical (unpaired) electrons. The van der Waals surface area contributed by atoms with Crippen molar-refractivity contribution in [3.8, 4) is 5.75 Å². The number of benzene rings is 2. The number of nitrogen functional groups attached to an aromatic ring is 1. The van der Waals surface area contributed by atoms with Crippen molar-refractivity contribution in [1.29, 1.82) is 0 Å². The minimum atomic E-state index is -2.52. The number of halogens is 3. The van der Waals surface area contributed by atoms with E-state index in [9.17, 15) is 18.0 Å². The largest absolute Gasteiger partial charge is 0.428 e. The Bertz CT molecular complexity index is 986. The fraction of sp³-hybridized carbons (Fsp3) is 0.174. The first-order valence-electron chi connectivity index (χ1n) is 9.12. The molecular formula is C23H20F3NO2. The van der Waals surface area contributed by atoms with E-state index in [1.807, 2.05) is 18.2 Å². The molecule has 3 nitrogen and oxygen atoms in total. The minimum absolute atomic E-state index is 0.0197. The van der Waals surface area contributed by atoms with Crippen molar-refractivity contribution in [3.05, 3.63) is 82.9 Å². The van der Waals surface area contributed by atoms with Gasteiger partial charge in [-0.3, -0.25) is 4.79 Å². The highest BCUT2D eigenvalue weighted by Gasteiger charge is 2.25. The van der Waals surface area contributed by atoms with Crippen LogP contribution in [0.4, 0.5) is 18.9 Å². The summed E-state index contributed by atoms with van der Waals surface area (Å²) >= 11 is 0. The zero-order valence-electron chi connectivity index (χ0n) is 15.8. The second kappa shape index (κ2) is 8.82. The molecule has 0 bridgehead atoms. The van der Waals surface area contributed by atoms with Gasteiger partial charge in [0.1, 0.15) is 5.75 Å². The zero-order chi connectivity index (χ0) is 21.0. The van der Waals surface area contributed by atoms with E-state index in [4.69, 9.17) is 5.73 Å². The molecule has 0 heterocycles. The van der Waals surface area contributed by atoms with Gasteiger partial charge in [0, 0.05) is 16.8 Å². The molecule has 2 aromatic rings. The molecule has 1 unspecified atom stereocenters. The summed E-state index contributed by atoms with van der Waals surface area (Å²) in [6.07, 6.45) is 2.45. The number of ketones is 1. The quantitative estimate of drug-likeness (QED) is 0.381. The van der Waals surface area contributed by atoms with Gasteiger partial charge in [-0.2, -0.15) is 13.2 Å². The van der Waals surface area contributed by atoms with Gasteiger partial charge in [-0.15, -0.1) is 0 Å². The number of ether oxygens (including phenoxy) is 1. The predicted molar refractivity (Wildman–Crippen MR) is 108 cm³/mol. The molecule has 1 aliphatic carbocycles. The first kappa shape index (κ1) is 20.5. The van der Waals surface area contributed by atoms with E-state index in [-0.39, 0.29) is 11.5 Å². The monoisotopic (exact) mass is 399 g/mol. The van der Waals surface area contributed by atoms with E-state index in [2.05, 4.69) is 11.7 Å². The van der Waals surface area contributed by atoms with Crippen molar-refractivity contribution in [2.24, 2.45) is 5.92 Å². The lowest BCUT2D eigenvalue weighted by molar-refractivity contribution is -0.113. The Labute approximate surface area is 167 Å². The van der Waals surface area contributed by atoms with Gasteiger partial charge in [0.15, 0.2) is 5.78 Å². The van der Waals surface area contributed by atoms with E-state index < -0.39 is 12.1 Å². The smallest absolute Gasteiger partial charge is 0.344 e. The molecule has 2 N–H and O–H groups in total. The highest BCUT2D eigenvalue weighted by atomic mass is 19.3. The average molecular weight is 399 g/mol. The predicted octanol–water partition coefficient (Wildman–Crippen LogP) is 6.15. The van der Waals surface area contributed by atoms with Gasteiger partial charge in [-0.1, -0.05) is 31.2 Å². The molecule has 3 rings (SSSR count). The molecule has 29 heavy (non-hydrogen) atoms. The highest BCUT2D eigenvalue weighted by molar-refractivity contribution is 6.14. The number of rotatable bonds is 4. The van der Waals surface area contributed by atoms with Gasteiger partial charge in [-0.25, -0.2) is 0 Å². The lowest BCUT2D eigenvalue weighted by atomic mass is 9.81. The van der Waals surface area contributed by atoms with Crippen molar-refractivity contribution in [2.45, 2.75) is 19.8 Å². The fourth-order valence-electron chi connectivity index (χ4n) is 3.23. The van der Waals surface area contributed by atoms with Crippen LogP contribution in [-0.2, 0) is 4.79 Å². The highest BCUT2D eigenvalue weighted by Crippen LogP contribution is 2.32. The molecule has 0 aliphatic heterocycles. The third-order valence-electron chi connectivity index (χ3n) is 4.57. The average Bonchev–Trinajstić information content (AvgIpc) is 2.68. The minimum Gasteiger partial charge on any atom is -0.428 e. The number of Topliss-reactive ketones (excluding diaryl/α,β-unsaturated/α-hetero) is 1. The molecule has 1 saturated carbocycles. The van der Waals surface area contributed by atoms with E-state index in [0.29, 0.717) is 35.6 Å². The lowest BCUT2D eigenvalue weighted by Gasteiger charge is -2.22. The molecular weight excluding hydrogens is 379 g/mol. The van der Waals surface area contributed by atoms with Crippen LogP contribution in [0.2, 0.25) is 0 Å². The Morgan fingerprint density at radius 3 is 1.90 bits per heavy atom. The number of nitrogens with two attached hydrogens (primary N) is 1. The van der Waals surface area contributed by atoms with Crippen LogP contribution < -0.4 is 10.5 Å². The lowest BCUT2D eigenvalue weighted by Crippen LogP contribution is -2.18. The molecule has 0 amide bonds. The second-order valence-corrected chi connectivity index (χ2v) is 7.05. The van der Waals surface area contributed by atoms with Crippen LogP contribution in [0.5, 0.6) is 5.75 Å². The van der Waals surface area contributed by atoms with E-state index in [1.54, 1.807) is 30.3 Å². The maximum Gasteiger partial charge on any atom is 0.344 e. The number of allylic oxidation sites excluding steroid dienone is 2. The first-order valence-corrected chi connectivity index (χ1v) is 9.12. The van der Waals surface area contributed by atoms with Crippen molar-refractivity contribution >= 4 is 23.6 Å². The number of carbonyl (C=O) groups excluding carboxylic acids is 1. The summed E-state index contributed by atoms with van der Waals surface area (Å²) in [5.41, 5.74) is 9.37. The van der Waals surface area contributed by atoms with Crippen LogP contribution in [0.25, 0.3) is 12.2 Å². The third-order valence-corrected chi connectivity index (χ3v) is 4.57. The van der Waals surface area contributed by atoms with Gasteiger partial charge < -0.3 is 10.5 Å². The Kier molecular flexibility index (Phi) is 6.22. The Morgan fingerprint density at radius 2 is 1.41 bits per heavy atom. The van der Waals surface area contributed by atoms with Gasteiger partial charge in [0.05, 0.1) is 0 Å². The molecule has 0 spiro atoms. The van der Waals surface area contributed by atoms with E-state index in [1.165, 1.54) is 12.1 Å². The van der Waals surface area contributed by atoms with Gasteiger partial charge in [-0.05, 0) is 66.3 Å². The molecule has 2 aromatic carbocycles. The molecule has 1 aliphatic rings. The normalized spacial score (nSPS) is 19.4. The molecule has 1 fully saturated rings.